The van der Waals surface area contributed by atoms with Gasteiger partial charge >= 0.3 is 11.9 Å². The second-order valence-electron chi connectivity index (χ2n) is 3.86. The predicted molar refractivity (Wildman–Crippen MR) is 46.5 cm³/mol. The molecule has 0 N–H and O–H groups in total. The number of carbonyl (C=O) groups is 2. The van der Waals surface area contributed by atoms with Crippen LogP contribution in [0.15, 0.2) is 0 Å². The number of ether oxygens (including phenoxy) is 2. The number of carbonyl (C=O) groups excluding carboxylic acids is 2. The Morgan fingerprint density at radius 1 is 1.36 bits per heavy atom. The Kier molecular flexibility index (Phi) is 2.28. The molecule has 14 heavy (non-hydrogen) atoms. The summed E-state index contributed by atoms with van der Waals surface area (Å²) >= 11 is 0. The van der Waals surface area contributed by atoms with Crippen molar-refractivity contribution in [1.29, 1.82) is 0 Å². The summed E-state index contributed by atoms with van der Waals surface area (Å²) in [4.78, 5) is 23.9. The van der Waals surface area contributed by atoms with E-state index in [-0.39, 0.29) is 18.6 Å². The number of rotatable bonds is 3. The smallest absolute Gasteiger partial charge is 0.327 e. The maximum absolute atomic E-state index is 11.0. The second-order valence-corrected chi connectivity index (χ2v) is 3.86. The average molecular weight is 199 g/mol. The minimum atomic E-state index is -0.455. The molecule has 2 rings (SSSR count). The van der Waals surface area contributed by atoms with E-state index in [1.807, 2.05) is 4.90 Å². The molecule has 0 aromatic carbocycles. The molecule has 78 valence electrons. The van der Waals surface area contributed by atoms with Gasteiger partial charge in [-0.05, 0) is 12.8 Å². The highest BCUT2D eigenvalue weighted by atomic mass is 16.6. The van der Waals surface area contributed by atoms with Gasteiger partial charge in [0.25, 0.3) is 0 Å². The van der Waals surface area contributed by atoms with Crippen LogP contribution in [0.25, 0.3) is 0 Å². The minimum Gasteiger partial charge on any atom is -0.391 e. The van der Waals surface area contributed by atoms with Crippen molar-refractivity contribution in [3.05, 3.63) is 0 Å². The van der Waals surface area contributed by atoms with Crippen LogP contribution in [0, 0.1) is 0 Å². The first-order valence-corrected chi connectivity index (χ1v) is 4.64. The zero-order valence-corrected chi connectivity index (χ0v) is 8.12. The Morgan fingerprint density at radius 3 is 2.36 bits per heavy atom. The third kappa shape index (κ3) is 1.65. The lowest BCUT2D eigenvalue weighted by atomic mass is 10.2. The molecule has 1 aliphatic carbocycles. The Hall–Kier alpha value is -0.940. The molecule has 2 aliphatic rings. The minimum absolute atomic E-state index is 0.0795. The van der Waals surface area contributed by atoms with Gasteiger partial charge in [0.2, 0.25) is 0 Å². The van der Waals surface area contributed by atoms with E-state index in [1.54, 1.807) is 7.11 Å². The van der Waals surface area contributed by atoms with Crippen LogP contribution in [-0.2, 0) is 19.1 Å². The molecule has 0 unspecified atom stereocenters. The van der Waals surface area contributed by atoms with E-state index in [1.165, 1.54) is 0 Å². The molecular formula is C9H13NO4. The number of methoxy groups -OCH3 is 1. The van der Waals surface area contributed by atoms with Crippen molar-refractivity contribution in [2.75, 3.05) is 26.8 Å². The fourth-order valence-electron chi connectivity index (χ4n) is 1.86. The zero-order valence-electron chi connectivity index (χ0n) is 8.12. The lowest BCUT2D eigenvalue weighted by Crippen LogP contribution is -2.51. The molecule has 0 aromatic heterocycles. The van der Waals surface area contributed by atoms with Crippen molar-refractivity contribution < 1.29 is 19.1 Å². The maximum atomic E-state index is 11.0. The van der Waals surface area contributed by atoms with Crippen molar-refractivity contribution in [2.45, 2.75) is 18.4 Å². The number of nitrogens with zero attached hydrogens (tertiary/aromatic N) is 1. The topological polar surface area (TPSA) is 55.8 Å². The van der Waals surface area contributed by atoms with Crippen LogP contribution in [0.5, 0.6) is 0 Å². The van der Waals surface area contributed by atoms with Crippen LogP contribution in [0.4, 0.5) is 0 Å². The van der Waals surface area contributed by atoms with E-state index in [0.29, 0.717) is 6.61 Å². The first kappa shape index (κ1) is 9.61. The van der Waals surface area contributed by atoms with Gasteiger partial charge in [-0.3, -0.25) is 14.5 Å². The number of hydrogen-bond acceptors (Lipinski definition) is 5. The first-order valence-electron chi connectivity index (χ1n) is 4.64. The van der Waals surface area contributed by atoms with Gasteiger partial charge in [0.1, 0.15) is 0 Å². The highest BCUT2D eigenvalue weighted by Crippen LogP contribution is 2.42. The van der Waals surface area contributed by atoms with Crippen LogP contribution in [-0.4, -0.2) is 49.2 Å². The van der Waals surface area contributed by atoms with Crippen LogP contribution in [0.1, 0.15) is 12.8 Å². The van der Waals surface area contributed by atoms with Gasteiger partial charge in [-0.15, -0.1) is 0 Å². The van der Waals surface area contributed by atoms with Gasteiger partial charge in [0.15, 0.2) is 0 Å². The van der Waals surface area contributed by atoms with E-state index in [9.17, 15) is 9.59 Å². The molecule has 1 heterocycles. The van der Waals surface area contributed by atoms with Gasteiger partial charge in [-0.2, -0.15) is 0 Å². The molecule has 0 spiro atoms. The van der Waals surface area contributed by atoms with Gasteiger partial charge < -0.3 is 9.47 Å². The average Bonchev–Trinajstić information content (AvgIpc) is 2.84. The molecule has 1 saturated heterocycles. The Morgan fingerprint density at radius 2 is 1.93 bits per heavy atom. The standard InChI is InChI=1S/C9H13NO4/c1-13-6-9(2-3-9)10-4-7(11)14-8(12)5-10/h2-6H2,1H3. The summed E-state index contributed by atoms with van der Waals surface area (Å²) in [5.41, 5.74) is -0.0795. The number of hydrogen-bond donors (Lipinski definition) is 0. The number of cyclic esters (lactones) is 2. The molecule has 1 aliphatic heterocycles. The summed E-state index contributed by atoms with van der Waals surface area (Å²) in [5, 5.41) is 0. The fourth-order valence-corrected chi connectivity index (χ4v) is 1.86. The maximum Gasteiger partial charge on any atom is 0.327 e. The molecule has 0 amide bonds. The van der Waals surface area contributed by atoms with E-state index >= 15 is 0 Å². The summed E-state index contributed by atoms with van der Waals surface area (Å²) in [6, 6.07) is 0. The largest absolute Gasteiger partial charge is 0.391 e. The number of esters is 2. The monoisotopic (exact) mass is 199 g/mol. The van der Waals surface area contributed by atoms with Crippen LogP contribution < -0.4 is 0 Å². The Balaban J connectivity index is 2.03. The molecule has 0 bridgehead atoms. The Labute approximate surface area is 82.0 Å². The first-order chi connectivity index (χ1) is 6.66. The SMILES string of the molecule is COCC1(N2CC(=O)OC(=O)C2)CC1. The van der Waals surface area contributed by atoms with Crippen molar-refractivity contribution in [3.8, 4) is 0 Å². The second kappa shape index (κ2) is 3.33. The van der Waals surface area contributed by atoms with E-state index < -0.39 is 11.9 Å². The van der Waals surface area contributed by atoms with Gasteiger partial charge in [0, 0.05) is 12.6 Å². The van der Waals surface area contributed by atoms with E-state index in [4.69, 9.17) is 4.74 Å². The van der Waals surface area contributed by atoms with Gasteiger partial charge in [0.05, 0.1) is 19.7 Å². The highest BCUT2D eigenvalue weighted by molar-refractivity contribution is 5.90. The molecule has 2 fully saturated rings. The molecule has 0 aromatic rings. The summed E-state index contributed by atoms with van der Waals surface area (Å²) < 4.78 is 9.54. The van der Waals surface area contributed by atoms with Crippen molar-refractivity contribution in [2.24, 2.45) is 0 Å². The van der Waals surface area contributed by atoms with E-state index in [2.05, 4.69) is 4.74 Å². The van der Waals surface area contributed by atoms with E-state index in [0.717, 1.165) is 12.8 Å². The highest BCUT2D eigenvalue weighted by Gasteiger charge is 2.50. The molecule has 0 atom stereocenters. The Bertz CT molecular complexity index is 256. The van der Waals surface area contributed by atoms with Crippen molar-refractivity contribution >= 4 is 11.9 Å². The lowest BCUT2D eigenvalue weighted by Gasteiger charge is -2.32. The van der Waals surface area contributed by atoms with Crippen LogP contribution >= 0.6 is 0 Å². The summed E-state index contributed by atoms with van der Waals surface area (Å²) in [6.07, 6.45) is 1.98. The van der Waals surface area contributed by atoms with Crippen LogP contribution in [0.2, 0.25) is 0 Å². The molecule has 1 saturated carbocycles. The fraction of sp³-hybridized carbons (Fsp3) is 0.778. The third-order valence-corrected chi connectivity index (χ3v) is 2.78. The zero-order chi connectivity index (χ0) is 10.2. The summed E-state index contributed by atoms with van der Waals surface area (Å²) in [6.45, 7) is 0.984. The number of morpholine rings is 1. The van der Waals surface area contributed by atoms with Crippen molar-refractivity contribution in [3.63, 3.8) is 0 Å². The molecule has 5 nitrogen and oxygen atoms in total. The molecular weight excluding hydrogens is 186 g/mol. The molecule has 5 heteroatoms. The molecule has 0 radical (unpaired) electrons. The third-order valence-electron chi connectivity index (χ3n) is 2.78. The van der Waals surface area contributed by atoms with Gasteiger partial charge in [-0.1, -0.05) is 0 Å². The predicted octanol–water partition coefficient (Wildman–Crippen LogP) is -0.449. The van der Waals surface area contributed by atoms with Crippen LogP contribution in [0.3, 0.4) is 0 Å². The normalized spacial score (nSPS) is 26.1. The van der Waals surface area contributed by atoms with Gasteiger partial charge in [-0.25, -0.2) is 0 Å². The summed E-state index contributed by atoms with van der Waals surface area (Å²) in [7, 11) is 1.63. The van der Waals surface area contributed by atoms with Crippen molar-refractivity contribution in [1.82, 2.24) is 4.90 Å². The summed E-state index contributed by atoms with van der Waals surface area (Å²) in [5.74, 6) is -0.910. The lowest BCUT2D eigenvalue weighted by molar-refractivity contribution is -0.169. The quantitative estimate of drug-likeness (QED) is 0.455.